The topological polar surface area (TPSA) is 116 Å². The van der Waals surface area contributed by atoms with E-state index in [0.29, 0.717) is 0 Å². The van der Waals surface area contributed by atoms with Gasteiger partial charge in [-0.2, -0.15) is 0 Å². The van der Waals surface area contributed by atoms with Crippen molar-refractivity contribution in [3.63, 3.8) is 0 Å². The molecule has 0 atom stereocenters. The van der Waals surface area contributed by atoms with Crippen molar-refractivity contribution < 1.29 is 38.5 Å². The van der Waals surface area contributed by atoms with Gasteiger partial charge in [-0.15, -0.1) is 0 Å². The maximum atomic E-state index is 12.1. The summed E-state index contributed by atoms with van der Waals surface area (Å²) >= 11 is 4.71. The zero-order chi connectivity index (χ0) is 31.5. The predicted octanol–water partition coefficient (Wildman–Crippen LogP) is 6.82. The summed E-state index contributed by atoms with van der Waals surface area (Å²) in [7, 11) is 0. The number of hydrogen-bond donors (Lipinski definition) is 1. The molecule has 0 amide bonds. The molecule has 1 N–H and O–H groups in total. The van der Waals surface area contributed by atoms with E-state index in [4.69, 9.17) is 25.8 Å². The number of phenols is 1. The molecule has 4 aromatic rings. The van der Waals surface area contributed by atoms with Crippen LogP contribution in [0.1, 0.15) is 31.8 Å². The van der Waals surface area contributed by atoms with Gasteiger partial charge in [0.2, 0.25) is 5.24 Å². The lowest BCUT2D eigenvalue weighted by Crippen LogP contribution is -2.10. The molecule has 220 valence electrons. The van der Waals surface area contributed by atoms with Crippen LogP contribution in [0.25, 0.3) is 0 Å². The van der Waals surface area contributed by atoms with E-state index in [2.05, 4.69) is 13.2 Å². The van der Waals surface area contributed by atoms with Gasteiger partial charge >= 0.3 is 17.9 Å². The van der Waals surface area contributed by atoms with Crippen molar-refractivity contribution in [2.45, 2.75) is 13.2 Å². The number of benzene rings is 4. The van der Waals surface area contributed by atoms with E-state index in [1.165, 1.54) is 18.2 Å². The Morgan fingerprint density at radius 2 is 1.05 bits per heavy atom. The van der Waals surface area contributed by atoms with Gasteiger partial charge in [-0.05, 0) is 53.1 Å². The molecular formula is C34H29ClO8. The molecule has 8 nitrogen and oxygen atoms in total. The van der Waals surface area contributed by atoms with E-state index in [1.807, 2.05) is 60.7 Å². The first-order chi connectivity index (χ1) is 20.7. The standard InChI is InChI=1S/C17H14O4.C14H12O3.C3H3ClO/c1-2-16(18)21-15-11-7-6-10-14(15)17(19)20-12-13-8-4-3-5-9-13;15-13-9-5-4-8-12(13)14(16)17-10-11-6-2-1-3-7-11;1-2-3(4)5/h2-11H,1,12H2;1-9,15H,10H2;2H,1H2. The van der Waals surface area contributed by atoms with Crippen LogP contribution >= 0.6 is 11.6 Å². The van der Waals surface area contributed by atoms with E-state index >= 15 is 0 Å². The summed E-state index contributed by atoms with van der Waals surface area (Å²) in [6, 6.07) is 31.5. The van der Waals surface area contributed by atoms with Crippen molar-refractivity contribution in [1.82, 2.24) is 0 Å². The lowest BCUT2D eigenvalue weighted by Gasteiger charge is -2.09. The molecule has 0 heterocycles. The van der Waals surface area contributed by atoms with Crippen molar-refractivity contribution >= 4 is 34.8 Å². The van der Waals surface area contributed by atoms with Crippen LogP contribution in [0.2, 0.25) is 0 Å². The molecule has 0 bridgehead atoms. The second-order valence-electron chi connectivity index (χ2n) is 8.27. The Morgan fingerprint density at radius 1 is 0.628 bits per heavy atom. The molecule has 0 aliphatic heterocycles. The quantitative estimate of drug-likeness (QED) is 0.0962. The Hall–Kier alpha value is -5.47. The first-order valence-corrected chi connectivity index (χ1v) is 13.1. The first-order valence-electron chi connectivity index (χ1n) is 12.7. The fourth-order valence-electron chi connectivity index (χ4n) is 3.12. The molecule has 0 fully saturated rings. The van der Waals surface area contributed by atoms with Gasteiger partial charge in [0, 0.05) is 6.08 Å². The van der Waals surface area contributed by atoms with Crippen molar-refractivity contribution in [2.75, 3.05) is 0 Å². The predicted molar refractivity (Wildman–Crippen MR) is 163 cm³/mol. The lowest BCUT2D eigenvalue weighted by molar-refractivity contribution is -0.129. The number of esters is 3. The van der Waals surface area contributed by atoms with Crippen molar-refractivity contribution in [3.8, 4) is 11.5 Å². The number of rotatable bonds is 9. The highest BCUT2D eigenvalue weighted by atomic mass is 35.5. The molecule has 4 aromatic carbocycles. The molecule has 43 heavy (non-hydrogen) atoms. The number of allylic oxidation sites excluding steroid dienone is 1. The largest absolute Gasteiger partial charge is 0.507 e. The van der Waals surface area contributed by atoms with Crippen LogP contribution in [0.5, 0.6) is 11.5 Å². The molecule has 0 spiro atoms. The Bertz CT molecular complexity index is 1520. The smallest absolute Gasteiger partial charge is 0.342 e. The average molecular weight is 601 g/mol. The third-order valence-electron chi connectivity index (χ3n) is 5.19. The fraction of sp³-hybridized carbons (Fsp3) is 0.0588. The molecule has 0 aromatic heterocycles. The Balaban J connectivity index is 0.000000264. The van der Waals surface area contributed by atoms with Crippen LogP contribution in [-0.2, 0) is 32.3 Å². The lowest BCUT2D eigenvalue weighted by atomic mass is 10.2. The van der Waals surface area contributed by atoms with Crippen LogP contribution in [-0.4, -0.2) is 28.3 Å². The Kier molecular flexibility index (Phi) is 14.7. The third kappa shape index (κ3) is 12.7. The molecule has 4 rings (SSSR count). The number of carbonyl (C=O) groups is 4. The van der Waals surface area contributed by atoms with E-state index in [0.717, 1.165) is 23.3 Å². The van der Waals surface area contributed by atoms with Gasteiger partial charge in [-0.1, -0.05) is 98.1 Å². The molecule has 0 saturated carbocycles. The summed E-state index contributed by atoms with van der Waals surface area (Å²) in [6.45, 7) is 6.75. The second-order valence-corrected chi connectivity index (χ2v) is 8.64. The monoisotopic (exact) mass is 600 g/mol. The zero-order valence-corrected chi connectivity index (χ0v) is 23.8. The first kappa shape index (κ1) is 33.7. The SMILES string of the molecule is C=CC(=O)Cl.C=CC(=O)Oc1ccccc1C(=O)OCc1ccccc1.O=C(OCc1ccccc1)c1ccccc1O. The highest BCUT2D eigenvalue weighted by molar-refractivity contribution is 6.66. The molecule has 0 aliphatic rings. The van der Waals surface area contributed by atoms with Crippen LogP contribution in [0.3, 0.4) is 0 Å². The summed E-state index contributed by atoms with van der Waals surface area (Å²) in [5.41, 5.74) is 2.18. The second kappa shape index (κ2) is 18.8. The maximum absolute atomic E-state index is 12.1. The van der Waals surface area contributed by atoms with Gasteiger partial charge < -0.3 is 19.3 Å². The van der Waals surface area contributed by atoms with Crippen LogP contribution in [0.15, 0.2) is 135 Å². The van der Waals surface area contributed by atoms with Crippen molar-refractivity contribution in [1.29, 1.82) is 0 Å². The van der Waals surface area contributed by atoms with Gasteiger partial charge in [0.15, 0.2) is 0 Å². The molecular weight excluding hydrogens is 572 g/mol. The van der Waals surface area contributed by atoms with E-state index in [-0.39, 0.29) is 35.8 Å². The number of aromatic hydroxyl groups is 1. The minimum atomic E-state index is -0.627. The number of ether oxygens (including phenoxy) is 3. The molecule has 0 aliphatic carbocycles. The third-order valence-corrected chi connectivity index (χ3v) is 5.35. The van der Waals surface area contributed by atoms with Crippen LogP contribution in [0, 0.1) is 0 Å². The number of carbonyl (C=O) groups excluding carboxylic acids is 4. The van der Waals surface area contributed by atoms with Crippen molar-refractivity contribution in [2.24, 2.45) is 0 Å². The zero-order valence-electron chi connectivity index (χ0n) is 23.1. The summed E-state index contributed by atoms with van der Waals surface area (Å²) in [4.78, 5) is 44.4. The average Bonchev–Trinajstić information content (AvgIpc) is 3.04. The van der Waals surface area contributed by atoms with Crippen LogP contribution < -0.4 is 4.74 Å². The molecule has 0 radical (unpaired) electrons. The Labute approximate surface area is 254 Å². The highest BCUT2D eigenvalue weighted by Crippen LogP contribution is 2.20. The van der Waals surface area contributed by atoms with Gasteiger partial charge in [0.1, 0.15) is 35.8 Å². The summed E-state index contributed by atoms with van der Waals surface area (Å²) in [6.07, 6.45) is 2.08. The van der Waals surface area contributed by atoms with Gasteiger partial charge in [-0.25, -0.2) is 14.4 Å². The maximum Gasteiger partial charge on any atom is 0.342 e. The summed E-state index contributed by atoms with van der Waals surface area (Å²) in [5, 5.41) is 8.97. The normalized spacial score (nSPS) is 9.42. The van der Waals surface area contributed by atoms with Gasteiger partial charge in [0.25, 0.3) is 0 Å². The molecule has 0 unspecified atom stereocenters. The van der Waals surface area contributed by atoms with Gasteiger partial charge in [0.05, 0.1) is 0 Å². The van der Waals surface area contributed by atoms with Gasteiger partial charge in [-0.3, -0.25) is 4.79 Å². The van der Waals surface area contributed by atoms with Crippen molar-refractivity contribution in [3.05, 3.63) is 157 Å². The summed E-state index contributed by atoms with van der Waals surface area (Å²) in [5.74, 6) is -1.61. The molecule has 0 saturated heterocycles. The summed E-state index contributed by atoms with van der Waals surface area (Å²) < 4.78 is 15.3. The van der Waals surface area contributed by atoms with E-state index < -0.39 is 23.2 Å². The Morgan fingerprint density at radius 3 is 1.51 bits per heavy atom. The number of phenolic OH excluding ortho intramolecular Hbond substituents is 1. The molecule has 9 heteroatoms. The number of para-hydroxylation sites is 2. The minimum absolute atomic E-state index is 0.0643. The highest BCUT2D eigenvalue weighted by Gasteiger charge is 2.15. The van der Waals surface area contributed by atoms with E-state index in [9.17, 15) is 24.3 Å². The van der Waals surface area contributed by atoms with E-state index in [1.54, 1.807) is 30.3 Å². The van der Waals surface area contributed by atoms with Crippen LogP contribution in [0.4, 0.5) is 0 Å². The fourth-order valence-corrected chi connectivity index (χ4v) is 3.12. The number of halogens is 1. The number of hydrogen-bond acceptors (Lipinski definition) is 8. The minimum Gasteiger partial charge on any atom is -0.507 e.